The van der Waals surface area contributed by atoms with E-state index < -0.39 is 10.0 Å². The Morgan fingerprint density at radius 2 is 2.06 bits per heavy atom. The standard InChI is InChI=1S/C11H11BrN2O2S/c1-8-5-6-9-3-2-4-10(11(9)13-8)14-17(15,16)7-12/h2-6,14H,7H2,1H3. The fraction of sp³-hybridized carbons (Fsp3) is 0.182. The normalized spacial score (nSPS) is 11.6. The molecular weight excluding hydrogens is 304 g/mol. The van der Waals surface area contributed by atoms with Crippen LogP contribution in [0, 0.1) is 6.92 Å². The molecule has 0 bridgehead atoms. The minimum Gasteiger partial charge on any atom is -0.281 e. The van der Waals surface area contributed by atoms with Gasteiger partial charge in [0.25, 0.3) is 0 Å². The first-order chi connectivity index (χ1) is 8.02. The maximum Gasteiger partial charge on any atom is 0.242 e. The number of anilines is 1. The molecule has 2 rings (SSSR count). The Hall–Kier alpha value is -1.14. The molecule has 0 fully saturated rings. The number of benzene rings is 1. The Bertz CT molecular complexity index is 656. The van der Waals surface area contributed by atoms with Gasteiger partial charge in [0.2, 0.25) is 10.0 Å². The zero-order valence-electron chi connectivity index (χ0n) is 9.14. The van der Waals surface area contributed by atoms with Crippen LogP contribution in [0.25, 0.3) is 10.9 Å². The van der Waals surface area contributed by atoms with E-state index in [1.165, 1.54) is 0 Å². The van der Waals surface area contributed by atoms with Gasteiger partial charge in [-0.15, -0.1) is 0 Å². The summed E-state index contributed by atoms with van der Waals surface area (Å²) in [5.41, 5.74) is 2.02. The van der Waals surface area contributed by atoms with Gasteiger partial charge in [-0.25, -0.2) is 8.42 Å². The molecule has 2 aromatic rings. The van der Waals surface area contributed by atoms with Crippen LogP contribution in [-0.4, -0.2) is 18.1 Å². The van der Waals surface area contributed by atoms with Crippen LogP contribution in [-0.2, 0) is 10.0 Å². The van der Waals surface area contributed by atoms with Gasteiger partial charge in [-0.05, 0) is 19.1 Å². The Morgan fingerprint density at radius 1 is 1.29 bits per heavy atom. The summed E-state index contributed by atoms with van der Waals surface area (Å²) in [6.07, 6.45) is 0. The van der Waals surface area contributed by atoms with Gasteiger partial charge in [-0.2, -0.15) is 0 Å². The molecule has 1 aromatic heterocycles. The lowest BCUT2D eigenvalue weighted by atomic mass is 10.2. The third-order valence-corrected chi connectivity index (χ3v) is 4.90. The number of nitrogens with one attached hydrogen (secondary N) is 1. The van der Waals surface area contributed by atoms with Gasteiger partial charge in [0.15, 0.2) is 0 Å². The molecule has 90 valence electrons. The van der Waals surface area contributed by atoms with E-state index in [-0.39, 0.29) is 4.66 Å². The lowest BCUT2D eigenvalue weighted by Gasteiger charge is -2.08. The number of aromatic nitrogens is 1. The molecule has 0 amide bonds. The summed E-state index contributed by atoms with van der Waals surface area (Å²) in [5.74, 6) is 0. The third kappa shape index (κ3) is 2.76. The second-order valence-electron chi connectivity index (χ2n) is 3.66. The van der Waals surface area contributed by atoms with Crippen molar-refractivity contribution in [3.05, 3.63) is 36.0 Å². The Labute approximate surface area is 108 Å². The molecule has 0 spiro atoms. The summed E-state index contributed by atoms with van der Waals surface area (Å²) in [7, 11) is -3.35. The van der Waals surface area contributed by atoms with Gasteiger partial charge in [-0.1, -0.05) is 34.1 Å². The van der Waals surface area contributed by atoms with Crippen molar-refractivity contribution in [1.82, 2.24) is 4.98 Å². The zero-order valence-corrected chi connectivity index (χ0v) is 11.5. The molecule has 0 aliphatic carbocycles. The van der Waals surface area contributed by atoms with Crippen molar-refractivity contribution in [2.45, 2.75) is 6.92 Å². The SMILES string of the molecule is Cc1ccc2cccc(NS(=O)(=O)CBr)c2n1. The second kappa shape index (κ2) is 4.62. The highest BCUT2D eigenvalue weighted by Crippen LogP contribution is 2.22. The lowest BCUT2D eigenvalue weighted by Crippen LogP contribution is -2.13. The molecule has 0 saturated carbocycles. The van der Waals surface area contributed by atoms with E-state index in [4.69, 9.17) is 0 Å². The average Bonchev–Trinajstić information content (AvgIpc) is 2.30. The Kier molecular flexibility index (Phi) is 3.35. The number of aryl methyl sites for hydroxylation is 1. The number of halogens is 1. The first kappa shape index (κ1) is 12.3. The van der Waals surface area contributed by atoms with Crippen LogP contribution in [0.2, 0.25) is 0 Å². The number of pyridine rings is 1. The van der Waals surface area contributed by atoms with Crippen LogP contribution in [0.5, 0.6) is 0 Å². The fourth-order valence-corrected chi connectivity index (χ4v) is 2.42. The van der Waals surface area contributed by atoms with Gasteiger partial charge >= 0.3 is 0 Å². The van der Waals surface area contributed by atoms with E-state index in [9.17, 15) is 8.42 Å². The van der Waals surface area contributed by atoms with Crippen LogP contribution in [0.4, 0.5) is 5.69 Å². The third-order valence-electron chi connectivity index (χ3n) is 2.27. The molecule has 1 heterocycles. The van der Waals surface area contributed by atoms with E-state index in [0.29, 0.717) is 11.2 Å². The van der Waals surface area contributed by atoms with Gasteiger partial charge < -0.3 is 0 Å². The Morgan fingerprint density at radius 3 is 2.76 bits per heavy atom. The van der Waals surface area contributed by atoms with Crippen LogP contribution in [0.1, 0.15) is 5.69 Å². The number of alkyl halides is 1. The number of nitrogens with zero attached hydrogens (tertiary/aromatic N) is 1. The van der Waals surface area contributed by atoms with Crippen LogP contribution in [0.15, 0.2) is 30.3 Å². The minimum absolute atomic E-state index is 0.137. The second-order valence-corrected chi connectivity index (χ2v) is 6.68. The number of para-hydroxylation sites is 1. The molecule has 0 radical (unpaired) electrons. The summed E-state index contributed by atoms with van der Waals surface area (Å²) in [6, 6.07) is 9.21. The van der Waals surface area contributed by atoms with Crippen molar-refractivity contribution < 1.29 is 8.42 Å². The molecule has 0 saturated heterocycles. The average molecular weight is 315 g/mol. The number of hydrogen-bond acceptors (Lipinski definition) is 3. The van der Waals surface area contributed by atoms with Crippen molar-refractivity contribution in [3.63, 3.8) is 0 Å². The largest absolute Gasteiger partial charge is 0.281 e. The highest BCUT2D eigenvalue weighted by molar-refractivity contribution is 9.10. The molecule has 0 atom stereocenters. The van der Waals surface area contributed by atoms with Gasteiger partial charge in [-0.3, -0.25) is 9.71 Å². The van der Waals surface area contributed by atoms with Gasteiger partial charge in [0, 0.05) is 11.1 Å². The van der Waals surface area contributed by atoms with Gasteiger partial charge in [0.1, 0.15) is 4.66 Å². The highest BCUT2D eigenvalue weighted by Gasteiger charge is 2.10. The van der Waals surface area contributed by atoms with E-state index in [2.05, 4.69) is 25.6 Å². The molecular formula is C11H11BrN2O2S. The molecule has 0 unspecified atom stereocenters. The number of rotatable bonds is 3. The first-order valence-corrected chi connectivity index (χ1v) is 7.72. The summed E-state index contributed by atoms with van der Waals surface area (Å²) in [6.45, 7) is 1.87. The van der Waals surface area contributed by atoms with E-state index >= 15 is 0 Å². The van der Waals surface area contributed by atoms with Crippen molar-refractivity contribution in [2.24, 2.45) is 0 Å². The summed E-state index contributed by atoms with van der Waals surface area (Å²) in [4.78, 5) is 4.35. The molecule has 0 aliphatic rings. The predicted octanol–water partition coefficient (Wildman–Crippen LogP) is 2.64. The zero-order chi connectivity index (χ0) is 12.5. The van der Waals surface area contributed by atoms with Crippen molar-refractivity contribution in [1.29, 1.82) is 0 Å². The Balaban J connectivity index is 2.58. The van der Waals surface area contributed by atoms with Crippen molar-refractivity contribution in [2.75, 3.05) is 9.38 Å². The maximum atomic E-state index is 11.5. The van der Waals surface area contributed by atoms with Crippen LogP contribution in [0.3, 0.4) is 0 Å². The minimum atomic E-state index is -3.35. The number of fused-ring (bicyclic) bond motifs is 1. The first-order valence-electron chi connectivity index (χ1n) is 4.95. The monoisotopic (exact) mass is 314 g/mol. The van der Waals surface area contributed by atoms with E-state index in [1.807, 2.05) is 25.1 Å². The number of sulfonamides is 1. The maximum absolute atomic E-state index is 11.5. The summed E-state index contributed by atoms with van der Waals surface area (Å²) < 4.78 is 25.4. The molecule has 17 heavy (non-hydrogen) atoms. The highest BCUT2D eigenvalue weighted by atomic mass is 79.9. The van der Waals surface area contributed by atoms with Crippen molar-refractivity contribution >= 4 is 42.5 Å². The van der Waals surface area contributed by atoms with Crippen LogP contribution < -0.4 is 4.72 Å². The quantitative estimate of drug-likeness (QED) is 0.886. The topological polar surface area (TPSA) is 59.1 Å². The van der Waals surface area contributed by atoms with E-state index in [0.717, 1.165) is 11.1 Å². The predicted molar refractivity (Wildman–Crippen MR) is 72.8 cm³/mol. The molecule has 1 aromatic carbocycles. The fourth-order valence-electron chi connectivity index (χ4n) is 1.52. The summed E-state index contributed by atoms with van der Waals surface area (Å²) in [5, 5.41) is 0.908. The summed E-state index contributed by atoms with van der Waals surface area (Å²) >= 11 is 2.94. The molecule has 4 nitrogen and oxygen atoms in total. The van der Waals surface area contributed by atoms with Crippen LogP contribution >= 0.6 is 15.9 Å². The van der Waals surface area contributed by atoms with Crippen molar-refractivity contribution in [3.8, 4) is 0 Å². The molecule has 6 heteroatoms. The lowest BCUT2D eigenvalue weighted by molar-refractivity contribution is 0.606. The molecule has 1 N–H and O–H groups in total. The van der Waals surface area contributed by atoms with E-state index in [1.54, 1.807) is 12.1 Å². The van der Waals surface area contributed by atoms with Gasteiger partial charge in [0.05, 0.1) is 11.2 Å². The smallest absolute Gasteiger partial charge is 0.242 e. The molecule has 0 aliphatic heterocycles. The number of hydrogen-bond donors (Lipinski definition) is 1.